The molecule has 0 bridgehead atoms. The third kappa shape index (κ3) is 4.28. The fourth-order valence-corrected chi connectivity index (χ4v) is 2.40. The summed E-state index contributed by atoms with van der Waals surface area (Å²) in [5, 5.41) is 3.52. The van der Waals surface area contributed by atoms with Crippen molar-refractivity contribution >= 4 is 5.91 Å². The number of hydrogen-bond acceptors (Lipinski definition) is 4. The van der Waals surface area contributed by atoms with Crippen LogP contribution < -0.4 is 5.32 Å². The van der Waals surface area contributed by atoms with Gasteiger partial charge < -0.3 is 15.0 Å². The summed E-state index contributed by atoms with van der Waals surface area (Å²) in [7, 11) is 1.56. The highest BCUT2D eigenvalue weighted by atomic mass is 16.5. The Morgan fingerprint density at radius 3 is 2.80 bits per heavy atom. The average Bonchev–Trinajstić information content (AvgIpc) is 2.47. The Balaban J connectivity index is 1.72. The van der Waals surface area contributed by atoms with Crippen LogP contribution in [0.1, 0.15) is 24.1 Å². The maximum atomic E-state index is 11.7. The molecule has 0 aliphatic carbocycles. The van der Waals surface area contributed by atoms with Gasteiger partial charge in [-0.25, -0.2) is 0 Å². The van der Waals surface area contributed by atoms with Crippen molar-refractivity contribution in [1.29, 1.82) is 0 Å². The van der Waals surface area contributed by atoms with Crippen LogP contribution in [0.5, 0.6) is 0 Å². The third-order valence-electron chi connectivity index (χ3n) is 3.66. The second-order valence-corrected chi connectivity index (χ2v) is 5.30. The van der Waals surface area contributed by atoms with Crippen LogP contribution in [0.25, 0.3) is 0 Å². The second-order valence-electron chi connectivity index (χ2n) is 5.30. The van der Waals surface area contributed by atoms with Crippen molar-refractivity contribution in [1.82, 2.24) is 15.2 Å². The van der Waals surface area contributed by atoms with E-state index in [-0.39, 0.29) is 12.5 Å². The number of aromatic nitrogens is 1. The summed E-state index contributed by atoms with van der Waals surface area (Å²) in [6, 6.07) is 4.60. The molecule has 110 valence electrons. The minimum Gasteiger partial charge on any atom is -0.375 e. The molecule has 2 rings (SSSR count). The van der Waals surface area contributed by atoms with Crippen LogP contribution in [-0.4, -0.2) is 48.6 Å². The number of methoxy groups -OCH3 is 1. The van der Waals surface area contributed by atoms with Crippen LogP contribution >= 0.6 is 0 Å². The fourth-order valence-electron chi connectivity index (χ4n) is 2.40. The lowest BCUT2D eigenvalue weighted by atomic mass is 10.0. The number of ether oxygens (including phenoxy) is 1. The SMILES string of the molecule is COCC(=O)N1CCC(NCc2ccc(C)cn2)CC1. The van der Waals surface area contributed by atoms with E-state index in [1.54, 1.807) is 7.11 Å². The topological polar surface area (TPSA) is 54.5 Å². The molecule has 1 aromatic rings. The Morgan fingerprint density at radius 1 is 1.45 bits per heavy atom. The van der Waals surface area contributed by atoms with Gasteiger partial charge in [-0.05, 0) is 31.4 Å². The first-order chi connectivity index (χ1) is 9.69. The van der Waals surface area contributed by atoms with E-state index < -0.39 is 0 Å². The van der Waals surface area contributed by atoms with E-state index in [1.165, 1.54) is 5.56 Å². The first-order valence-electron chi connectivity index (χ1n) is 7.10. The molecule has 5 heteroatoms. The lowest BCUT2D eigenvalue weighted by Crippen LogP contribution is -2.45. The maximum Gasteiger partial charge on any atom is 0.248 e. The minimum absolute atomic E-state index is 0.0890. The standard InChI is InChI=1S/C15H23N3O2/c1-12-3-4-14(16-9-12)10-17-13-5-7-18(8-6-13)15(19)11-20-2/h3-4,9,13,17H,5-8,10-11H2,1-2H3. The minimum atomic E-state index is 0.0890. The fraction of sp³-hybridized carbons (Fsp3) is 0.600. The molecule has 1 aliphatic rings. The molecule has 1 aromatic heterocycles. The van der Waals surface area contributed by atoms with Crippen LogP contribution in [0.15, 0.2) is 18.3 Å². The smallest absolute Gasteiger partial charge is 0.248 e. The lowest BCUT2D eigenvalue weighted by Gasteiger charge is -2.32. The number of hydrogen-bond donors (Lipinski definition) is 1. The van der Waals surface area contributed by atoms with Crippen molar-refractivity contribution in [2.75, 3.05) is 26.8 Å². The average molecular weight is 277 g/mol. The molecular weight excluding hydrogens is 254 g/mol. The number of amides is 1. The van der Waals surface area contributed by atoms with Gasteiger partial charge in [0.1, 0.15) is 6.61 Å². The lowest BCUT2D eigenvalue weighted by molar-refractivity contribution is -0.136. The van der Waals surface area contributed by atoms with Crippen LogP contribution in [0.3, 0.4) is 0 Å². The predicted molar refractivity (Wildman–Crippen MR) is 77.3 cm³/mol. The molecule has 1 saturated heterocycles. The van der Waals surface area contributed by atoms with Gasteiger partial charge in [-0.1, -0.05) is 6.07 Å². The van der Waals surface area contributed by atoms with E-state index in [0.717, 1.165) is 38.2 Å². The molecule has 0 radical (unpaired) electrons. The zero-order valence-corrected chi connectivity index (χ0v) is 12.3. The van der Waals surface area contributed by atoms with Crippen molar-refractivity contribution in [2.24, 2.45) is 0 Å². The Morgan fingerprint density at radius 2 is 2.20 bits per heavy atom. The number of carbonyl (C=O) groups excluding carboxylic acids is 1. The molecule has 20 heavy (non-hydrogen) atoms. The van der Waals surface area contributed by atoms with E-state index in [0.29, 0.717) is 6.04 Å². The monoisotopic (exact) mass is 277 g/mol. The van der Waals surface area contributed by atoms with Crippen molar-refractivity contribution < 1.29 is 9.53 Å². The molecule has 0 aromatic carbocycles. The molecule has 1 aliphatic heterocycles. The first-order valence-corrected chi connectivity index (χ1v) is 7.10. The quantitative estimate of drug-likeness (QED) is 0.876. The largest absolute Gasteiger partial charge is 0.375 e. The highest BCUT2D eigenvalue weighted by molar-refractivity contribution is 5.77. The summed E-state index contributed by atoms with van der Waals surface area (Å²) < 4.78 is 4.88. The molecule has 1 fully saturated rings. The van der Waals surface area contributed by atoms with Gasteiger partial charge in [0, 0.05) is 39.0 Å². The van der Waals surface area contributed by atoms with Crippen LogP contribution in [0.4, 0.5) is 0 Å². The number of nitrogens with one attached hydrogen (secondary N) is 1. The highest BCUT2D eigenvalue weighted by Crippen LogP contribution is 2.11. The summed E-state index contributed by atoms with van der Waals surface area (Å²) in [6.45, 7) is 4.63. The van der Waals surface area contributed by atoms with E-state index >= 15 is 0 Å². The number of rotatable bonds is 5. The van der Waals surface area contributed by atoms with Crippen LogP contribution in [0, 0.1) is 6.92 Å². The zero-order valence-electron chi connectivity index (χ0n) is 12.3. The molecular formula is C15H23N3O2. The number of pyridine rings is 1. The maximum absolute atomic E-state index is 11.7. The van der Waals surface area contributed by atoms with Gasteiger partial charge in [-0.2, -0.15) is 0 Å². The van der Waals surface area contributed by atoms with Crippen molar-refractivity contribution in [2.45, 2.75) is 32.4 Å². The van der Waals surface area contributed by atoms with E-state index in [9.17, 15) is 4.79 Å². The summed E-state index contributed by atoms with van der Waals surface area (Å²) >= 11 is 0. The van der Waals surface area contributed by atoms with E-state index in [2.05, 4.69) is 22.4 Å². The molecule has 0 atom stereocenters. The summed E-state index contributed by atoms with van der Waals surface area (Å²) in [4.78, 5) is 18.0. The van der Waals surface area contributed by atoms with Crippen molar-refractivity contribution in [3.63, 3.8) is 0 Å². The Labute approximate surface area is 120 Å². The number of likely N-dealkylation sites (tertiary alicyclic amines) is 1. The summed E-state index contributed by atoms with van der Waals surface area (Å²) in [6.07, 6.45) is 3.87. The third-order valence-corrected chi connectivity index (χ3v) is 3.66. The second kappa shape index (κ2) is 7.36. The molecule has 0 spiro atoms. The van der Waals surface area contributed by atoms with Gasteiger partial charge in [-0.15, -0.1) is 0 Å². The molecule has 0 saturated carbocycles. The Hall–Kier alpha value is -1.46. The molecule has 2 heterocycles. The van der Waals surface area contributed by atoms with Crippen LogP contribution in [-0.2, 0) is 16.1 Å². The van der Waals surface area contributed by atoms with Crippen molar-refractivity contribution in [3.05, 3.63) is 29.6 Å². The number of carbonyl (C=O) groups is 1. The number of aryl methyl sites for hydroxylation is 1. The first kappa shape index (κ1) is 14.9. The number of piperidine rings is 1. The van der Waals surface area contributed by atoms with Gasteiger partial charge in [0.05, 0.1) is 5.69 Å². The van der Waals surface area contributed by atoms with Gasteiger partial charge in [-0.3, -0.25) is 9.78 Å². The molecule has 0 unspecified atom stereocenters. The molecule has 1 N–H and O–H groups in total. The zero-order chi connectivity index (χ0) is 14.4. The Bertz CT molecular complexity index is 425. The predicted octanol–water partition coefficient (Wildman–Crippen LogP) is 1.12. The van der Waals surface area contributed by atoms with Crippen LogP contribution in [0.2, 0.25) is 0 Å². The highest BCUT2D eigenvalue weighted by Gasteiger charge is 2.22. The summed E-state index contributed by atoms with van der Waals surface area (Å²) in [5.41, 5.74) is 2.24. The van der Waals surface area contributed by atoms with Gasteiger partial charge in [0.15, 0.2) is 0 Å². The normalized spacial score (nSPS) is 16.4. The van der Waals surface area contributed by atoms with Crippen molar-refractivity contribution in [3.8, 4) is 0 Å². The van der Waals surface area contributed by atoms with Gasteiger partial charge in [0.25, 0.3) is 0 Å². The van der Waals surface area contributed by atoms with E-state index in [1.807, 2.05) is 18.0 Å². The summed E-state index contributed by atoms with van der Waals surface area (Å²) in [5.74, 6) is 0.0890. The van der Waals surface area contributed by atoms with Gasteiger partial charge >= 0.3 is 0 Å². The molecule has 1 amide bonds. The Kier molecular flexibility index (Phi) is 5.49. The number of nitrogens with zero attached hydrogens (tertiary/aromatic N) is 2. The molecule has 5 nitrogen and oxygen atoms in total. The van der Waals surface area contributed by atoms with Gasteiger partial charge in [0.2, 0.25) is 5.91 Å². The van der Waals surface area contributed by atoms with E-state index in [4.69, 9.17) is 4.74 Å².